The van der Waals surface area contributed by atoms with E-state index in [4.69, 9.17) is 9.47 Å². The van der Waals surface area contributed by atoms with E-state index in [1.165, 1.54) is 0 Å². The van der Waals surface area contributed by atoms with Gasteiger partial charge < -0.3 is 14.8 Å². The molecule has 1 unspecified atom stereocenters. The first-order valence-corrected chi connectivity index (χ1v) is 9.87. The lowest BCUT2D eigenvalue weighted by Gasteiger charge is -2.25. The third kappa shape index (κ3) is 4.42. The number of ether oxygens (including phenoxy) is 2. The maximum Gasteiger partial charge on any atom is 0.251 e. The first-order chi connectivity index (χ1) is 14.1. The number of hydrogen-bond acceptors (Lipinski definition) is 4. The Balaban J connectivity index is 1.47. The van der Waals surface area contributed by atoms with Crippen LogP contribution in [-0.2, 0) is 6.54 Å². The lowest BCUT2D eigenvalue weighted by molar-refractivity contribution is 0.0925. The topological polar surface area (TPSA) is 65.4 Å². The van der Waals surface area contributed by atoms with E-state index >= 15 is 0 Å². The van der Waals surface area contributed by atoms with Gasteiger partial charge in [-0.2, -0.15) is 5.10 Å². The SMILES string of the molecule is CC(C)C(NC(=O)c1ccc(Cn2cccn2)cc1)c1ccc2c(c1)OCCO2. The number of carbonyl (C=O) groups excluding carboxylic acids is 1. The largest absolute Gasteiger partial charge is 0.486 e. The highest BCUT2D eigenvalue weighted by molar-refractivity contribution is 5.94. The molecule has 0 spiro atoms. The standard InChI is InChI=1S/C23H25N3O3/c1-16(2)22(19-8-9-20-21(14-19)29-13-12-28-20)25-23(27)18-6-4-17(5-7-18)15-26-11-3-10-24-26/h3-11,14,16,22H,12-13,15H2,1-2H3,(H,25,27). The lowest BCUT2D eigenvalue weighted by Crippen LogP contribution is -2.32. The summed E-state index contributed by atoms with van der Waals surface area (Å²) < 4.78 is 13.1. The Bertz CT molecular complexity index is 966. The summed E-state index contributed by atoms with van der Waals surface area (Å²) in [6.07, 6.45) is 3.67. The van der Waals surface area contributed by atoms with Gasteiger partial charge in [-0.05, 0) is 47.4 Å². The Hall–Kier alpha value is -3.28. The molecule has 3 aromatic rings. The van der Waals surface area contributed by atoms with Crippen molar-refractivity contribution in [2.45, 2.75) is 26.4 Å². The number of amides is 1. The summed E-state index contributed by atoms with van der Waals surface area (Å²) in [7, 11) is 0. The monoisotopic (exact) mass is 391 g/mol. The van der Waals surface area contributed by atoms with Crippen LogP contribution in [0.4, 0.5) is 0 Å². The predicted molar refractivity (Wildman–Crippen MR) is 110 cm³/mol. The molecular formula is C23H25N3O3. The van der Waals surface area contributed by atoms with Gasteiger partial charge in [-0.3, -0.25) is 9.48 Å². The molecule has 0 bridgehead atoms. The second-order valence-corrected chi connectivity index (χ2v) is 7.50. The van der Waals surface area contributed by atoms with Crippen LogP contribution in [0.15, 0.2) is 60.9 Å². The summed E-state index contributed by atoms with van der Waals surface area (Å²) in [5.41, 5.74) is 2.74. The highest BCUT2D eigenvalue weighted by Gasteiger charge is 2.22. The zero-order valence-electron chi connectivity index (χ0n) is 16.7. The molecule has 4 rings (SSSR count). The molecule has 1 amide bonds. The summed E-state index contributed by atoms with van der Waals surface area (Å²) in [6, 6.07) is 15.3. The van der Waals surface area contributed by atoms with Gasteiger partial charge in [-0.25, -0.2) is 0 Å². The van der Waals surface area contributed by atoms with E-state index in [2.05, 4.69) is 24.3 Å². The lowest BCUT2D eigenvalue weighted by atomic mass is 9.95. The molecule has 29 heavy (non-hydrogen) atoms. The molecule has 0 saturated heterocycles. The highest BCUT2D eigenvalue weighted by atomic mass is 16.6. The fourth-order valence-corrected chi connectivity index (χ4v) is 3.46. The number of aromatic nitrogens is 2. The number of rotatable bonds is 6. The van der Waals surface area contributed by atoms with Crippen molar-refractivity contribution in [2.75, 3.05) is 13.2 Å². The molecule has 1 N–H and O–H groups in total. The maximum atomic E-state index is 12.9. The van der Waals surface area contributed by atoms with Crippen molar-refractivity contribution in [3.63, 3.8) is 0 Å². The fourth-order valence-electron chi connectivity index (χ4n) is 3.46. The first kappa shape index (κ1) is 19.1. The average molecular weight is 391 g/mol. The fraction of sp³-hybridized carbons (Fsp3) is 0.304. The smallest absolute Gasteiger partial charge is 0.251 e. The van der Waals surface area contributed by atoms with Crippen LogP contribution in [-0.4, -0.2) is 28.9 Å². The summed E-state index contributed by atoms with van der Waals surface area (Å²) in [6.45, 7) is 5.97. The van der Waals surface area contributed by atoms with Crippen LogP contribution in [0, 0.1) is 5.92 Å². The molecule has 0 saturated carbocycles. The molecular weight excluding hydrogens is 366 g/mol. The van der Waals surface area contributed by atoms with Crippen molar-refractivity contribution >= 4 is 5.91 Å². The highest BCUT2D eigenvalue weighted by Crippen LogP contribution is 2.34. The number of nitrogens with one attached hydrogen (secondary N) is 1. The number of benzene rings is 2. The van der Waals surface area contributed by atoms with E-state index in [0.29, 0.717) is 25.3 Å². The molecule has 1 aliphatic heterocycles. The minimum absolute atomic E-state index is 0.0933. The van der Waals surface area contributed by atoms with Crippen LogP contribution in [0.1, 0.15) is 41.4 Å². The molecule has 1 aromatic heterocycles. The summed E-state index contributed by atoms with van der Waals surface area (Å²) in [5.74, 6) is 1.61. The third-order valence-electron chi connectivity index (χ3n) is 5.00. The van der Waals surface area contributed by atoms with E-state index in [-0.39, 0.29) is 17.9 Å². The Labute approximate surface area is 170 Å². The van der Waals surface area contributed by atoms with Crippen LogP contribution in [0.5, 0.6) is 11.5 Å². The Morgan fingerprint density at radius 3 is 2.55 bits per heavy atom. The number of hydrogen-bond donors (Lipinski definition) is 1. The molecule has 1 aliphatic rings. The van der Waals surface area contributed by atoms with E-state index < -0.39 is 0 Å². The maximum absolute atomic E-state index is 12.9. The quantitative estimate of drug-likeness (QED) is 0.694. The summed E-state index contributed by atoms with van der Waals surface area (Å²) >= 11 is 0. The molecule has 0 aliphatic carbocycles. The second kappa shape index (κ2) is 8.39. The zero-order valence-corrected chi connectivity index (χ0v) is 16.7. The van der Waals surface area contributed by atoms with Gasteiger partial charge in [0.2, 0.25) is 0 Å². The molecule has 0 radical (unpaired) electrons. The van der Waals surface area contributed by atoms with Gasteiger partial charge in [-0.15, -0.1) is 0 Å². The number of carbonyl (C=O) groups is 1. The third-order valence-corrected chi connectivity index (χ3v) is 5.00. The van der Waals surface area contributed by atoms with Crippen LogP contribution in [0.2, 0.25) is 0 Å². The van der Waals surface area contributed by atoms with Gasteiger partial charge in [0.15, 0.2) is 11.5 Å². The van der Waals surface area contributed by atoms with Crippen molar-refractivity contribution in [1.82, 2.24) is 15.1 Å². The Morgan fingerprint density at radius 2 is 1.86 bits per heavy atom. The van der Waals surface area contributed by atoms with E-state index in [0.717, 1.165) is 22.6 Å². The zero-order chi connectivity index (χ0) is 20.2. The minimum atomic E-state index is -0.123. The Kier molecular flexibility index (Phi) is 5.51. The summed E-state index contributed by atoms with van der Waals surface area (Å²) in [5, 5.41) is 7.38. The molecule has 2 aromatic carbocycles. The van der Waals surface area contributed by atoms with Gasteiger partial charge in [0, 0.05) is 18.0 Å². The van der Waals surface area contributed by atoms with Gasteiger partial charge >= 0.3 is 0 Å². The van der Waals surface area contributed by atoms with Crippen LogP contribution >= 0.6 is 0 Å². The normalized spacial score (nSPS) is 13.9. The second-order valence-electron chi connectivity index (χ2n) is 7.50. The van der Waals surface area contributed by atoms with Crippen molar-refractivity contribution in [3.05, 3.63) is 77.6 Å². The van der Waals surface area contributed by atoms with Crippen LogP contribution in [0.3, 0.4) is 0 Å². The average Bonchev–Trinajstić information content (AvgIpc) is 3.25. The van der Waals surface area contributed by atoms with Crippen molar-refractivity contribution in [2.24, 2.45) is 5.92 Å². The van der Waals surface area contributed by atoms with Crippen molar-refractivity contribution < 1.29 is 14.3 Å². The Morgan fingerprint density at radius 1 is 1.10 bits per heavy atom. The summed E-state index contributed by atoms with van der Waals surface area (Å²) in [4.78, 5) is 12.9. The molecule has 6 nitrogen and oxygen atoms in total. The van der Waals surface area contributed by atoms with Crippen molar-refractivity contribution in [3.8, 4) is 11.5 Å². The van der Waals surface area contributed by atoms with Crippen LogP contribution in [0.25, 0.3) is 0 Å². The molecule has 1 atom stereocenters. The molecule has 2 heterocycles. The van der Waals surface area contributed by atoms with Crippen LogP contribution < -0.4 is 14.8 Å². The number of nitrogens with zero attached hydrogens (tertiary/aromatic N) is 2. The van der Waals surface area contributed by atoms with Crippen molar-refractivity contribution in [1.29, 1.82) is 0 Å². The van der Waals surface area contributed by atoms with Gasteiger partial charge in [0.05, 0.1) is 12.6 Å². The van der Waals surface area contributed by atoms with E-state index in [1.807, 2.05) is 59.4 Å². The minimum Gasteiger partial charge on any atom is -0.486 e. The predicted octanol–water partition coefficient (Wildman–Crippen LogP) is 3.83. The van der Waals surface area contributed by atoms with E-state index in [1.54, 1.807) is 6.20 Å². The van der Waals surface area contributed by atoms with Gasteiger partial charge in [-0.1, -0.05) is 32.0 Å². The molecule has 150 valence electrons. The van der Waals surface area contributed by atoms with E-state index in [9.17, 15) is 4.79 Å². The molecule has 6 heteroatoms. The number of fused-ring (bicyclic) bond motifs is 1. The van der Waals surface area contributed by atoms with Gasteiger partial charge in [0.25, 0.3) is 5.91 Å². The molecule has 0 fully saturated rings. The van der Waals surface area contributed by atoms with Gasteiger partial charge in [0.1, 0.15) is 13.2 Å². The first-order valence-electron chi connectivity index (χ1n) is 9.87.